The third-order valence-electron chi connectivity index (χ3n) is 5.09. The first-order valence-corrected chi connectivity index (χ1v) is 11.1. The molecule has 1 aliphatic rings. The predicted molar refractivity (Wildman–Crippen MR) is 106 cm³/mol. The van der Waals surface area contributed by atoms with Gasteiger partial charge in [0.25, 0.3) is 0 Å². The Labute approximate surface area is 172 Å². The van der Waals surface area contributed by atoms with Crippen molar-refractivity contribution in [1.82, 2.24) is 10.3 Å². The van der Waals surface area contributed by atoms with E-state index in [4.69, 9.17) is 0 Å². The molecule has 30 heavy (non-hydrogen) atoms. The molecule has 0 unspecified atom stereocenters. The van der Waals surface area contributed by atoms with Gasteiger partial charge < -0.3 is 10.6 Å². The largest absolute Gasteiger partial charge is 0.416 e. The first-order valence-electron chi connectivity index (χ1n) is 9.51. The normalized spacial score (nSPS) is 20.0. The fraction of sp³-hybridized carbons (Fsp3) is 0.400. The number of nitrogens with one attached hydrogen (secondary N) is 2. The molecule has 0 radical (unpaired) electrons. The molecule has 162 valence electrons. The number of halogens is 3. The number of benzene rings is 1. The Balaban J connectivity index is 1.53. The van der Waals surface area contributed by atoms with Crippen molar-refractivity contribution in [2.24, 2.45) is 0 Å². The molecule has 0 atom stereocenters. The molecule has 2 aromatic rings. The molecular weight excluding hydrogens is 419 g/mol. The summed E-state index contributed by atoms with van der Waals surface area (Å²) in [4.78, 5) is 15.7. The Hall–Kier alpha value is -2.46. The monoisotopic (exact) mass is 441 g/mol. The van der Waals surface area contributed by atoms with E-state index in [0.29, 0.717) is 37.6 Å². The number of amides is 1. The highest BCUT2D eigenvalue weighted by Crippen LogP contribution is 2.33. The maximum atomic E-state index is 12.9. The first-order chi connectivity index (χ1) is 14.2. The molecule has 0 saturated heterocycles. The lowest BCUT2D eigenvalue weighted by Gasteiger charge is -2.29. The van der Waals surface area contributed by atoms with E-state index in [2.05, 4.69) is 15.6 Å². The Kier molecular flexibility index (Phi) is 6.77. The maximum absolute atomic E-state index is 12.9. The van der Waals surface area contributed by atoms with Crippen molar-refractivity contribution in [2.75, 3.05) is 11.9 Å². The molecule has 0 bridgehead atoms. The second-order valence-electron chi connectivity index (χ2n) is 7.19. The SMILES string of the molecule is O=C(CNC1CCC(S(=O)(=O)c2cccc(C(F)(F)F)c2)CC1)Nc1ccccn1. The van der Waals surface area contributed by atoms with Gasteiger partial charge in [0.15, 0.2) is 9.84 Å². The van der Waals surface area contributed by atoms with E-state index in [1.54, 1.807) is 24.4 Å². The predicted octanol–water partition coefficient (Wildman–Crippen LogP) is 3.41. The quantitative estimate of drug-likeness (QED) is 0.717. The fourth-order valence-corrected chi connectivity index (χ4v) is 5.32. The summed E-state index contributed by atoms with van der Waals surface area (Å²) in [6.07, 6.45) is -1.37. The van der Waals surface area contributed by atoms with Gasteiger partial charge in [0, 0.05) is 12.2 Å². The molecule has 1 aliphatic carbocycles. The van der Waals surface area contributed by atoms with E-state index in [-0.39, 0.29) is 23.4 Å². The van der Waals surface area contributed by atoms with E-state index in [1.807, 2.05) is 0 Å². The number of carbonyl (C=O) groups is 1. The number of anilines is 1. The van der Waals surface area contributed by atoms with Gasteiger partial charge in [0.2, 0.25) is 5.91 Å². The average molecular weight is 441 g/mol. The zero-order valence-corrected chi connectivity index (χ0v) is 16.8. The van der Waals surface area contributed by atoms with E-state index >= 15 is 0 Å². The number of pyridine rings is 1. The van der Waals surface area contributed by atoms with E-state index in [0.717, 1.165) is 12.1 Å². The summed E-state index contributed by atoms with van der Waals surface area (Å²) < 4.78 is 64.3. The molecule has 1 saturated carbocycles. The highest BCUT2D eigenvalue weighted by molar-refractivity contribution is 7.92. The minimum atomic E-state index is -4.59. The Bertz CT molecular complexity index is 974. The topological polar surface area (TPSA) is 88.2 Å². The minimum absolute atomic E-state index is 0.0348. The van der Waals surface area contributed by atoms with Crippen LogP contribution in [0.25, 0.3) is 0 Å². The van der Waals surface area contributed by atoms with Crippen LogP contribution in [0.5, 0.6) is 0 Å². The third-order valence-corrected chi connectivity index (χ3v) is 7.35. The number of carbonyl (C=O) groups excluding carboxylic acids is 1. The van der Waals surface area contributed by atoms with E-state index < -0.39 is 26.8 Å². The zero-order valence-electron chi connectivity index (χ0n) is 16.0. The maximum Gasteiger partial charge on any atom is 0.416 e. The molecule has 1 aromatic carbocycles. The highest BCUT2D eigenvalue weighted by atomic mass is 32.2. The molecule has 3 rings (SSSR count). The molecule has 1 fully saturated rings. The van der Waals surface area contributed by atoms with Gasteiger partial charge in [-0.3, -0.25) is 4.79 Å². The van der Waals surface area contributed by atoms with Gasteiger partial charge >= 0.3 is 6.18 Å². The minimum Gasteiger partial charge on any atom is -0.310 e. The van der Waals surface area contributed by atoms with Crippen LogP contribution in [-0.2, 0) is 20.8 Å². The van der Waals surface area contributed by atoms with Crippen LogP contribution in [-0.4, -0.2) is 37.1 Å². The van der Waals surface area contributed by atoms with Crippen LogP contribution in [0.3, 0.4) is 0 Å². The van der Waals surface area contributed by atoms with Gasteiger partial charge in [0.05, 0.1) is 22.3 Å². The Morgan fingerprint density at radius 2 is 1.80 bits per heavy atom. The Morgan fingerprint density at radius 1 is 1.07 bits per heavy atom. The number of rotatable bonds is 6. The van der Waals surface area contributed by atoms with Crippen LogP contribution in [0.2, 0.25) is 0 Å². The number of alkyl halides is 3. The summed E-state index contributed by atoms with van der Waals surface area (Å²) in [6, 6.07) is 8.99. The zero-order chi connectivity index (χ0) is 21.8. The Morgan fingerprint density at radius 3 is 2.43 bits per heavy atom. The van der Waals surface area contributed by atoms with Gasteiger partial charge in [-0.2, -0.15) is 13.2 Å². The number of hydrogen-bond acceptors (Lipinski definition) is 5. The summed E-state index contributed by atoms with van der Waals surface area (Å²) in [5, 5.41) is 5.02. The van der Waals surface area contributed by atoms with Gasteiger partial charge in [-0.25, -0.2) is 13.4 Å². The van der Waals surface area contributed by atoms with Crippen molar-refractivity contribution in [3.63, 3.8) is 0 Å². The summed E-state index contributed by atoms with van der Waals surface area (Å²) in [5.74, 6) is 0.188. The van der Waals surface area contributed by atoms with Gasteiger partial charge in [-0.1, -0.05) is 12.1 Å². The number of hydrogen-bond donors (Lipinski definition) is 2. The molecule has 10 heteroatoms. The summed E-state index contributed by atoms with van der Waals surface area (Å²) >= 11 is 0. The van der Waals surface area contributed by atoms with Gasteiger partial charge in [-0.05, 0) is 56.0 Å². The van der Waals surface area contributed by atoms with Gasteiger partial charge in [0.1, 0.15) is 5.82 Å². The standard InChI is InChI=1S/C20H22F3N3O3S/c21-20(22,23)14-4-3-5-17(12-14)30(28,29)16-9-7-15(8-10-16)25-13-19(27)26-18-6-1-2-11-24-18/h1-6,11-12,15-16,25H,7-10,13H2,(H,24,26,27). The molecule has 1 heterocycles. The third kappa shape index (κ3) is 5.57. The molecule has 1 amide bonds. The van der Waals surface area contributed by atoms with Crippen LogP contribution in [0.1, 0.15) is 31.2 Å². The molecule has 1 aromatic heterocycles. The van der Waals surface area contributed by atoms with Crippen molar-refractivity contribution in [2.45, 2.75) is 48.0 Å². The summed E-state index contributed by atoms with van der Waals surface area (Å²) in [7, 11) is -3.86. The summed E-state index contributed by atoms with van der Waals surface area (Å²) in [5.41, 5.74) is -0.974. The van der Waals surface area contributed by atoms with Crippen LogP contribution >= 0.6 is 0 Å². The second-order valence-corrected chi connectivity index (χ2v) is 9.42. The second kappa shape index (κ2) is 9.13. The smallest absolute Gasteiger partial charge is 0.310 e. The highest BCUT2D eigenvalue weighted by Gasteiger charge is 2.35. The van der Waals surface area contributed by atoms with E-state index in [1.165, 1.54) is 6.07 Å². The van der Waals surface area contributed by atoms with Crippen LogP contribution in [0.4, 0.5) is 19.0 Å². The lowest BCUT2D eigenvalue weighted by atomic mass is 9.95. The fourth-order valence-electron chi connectivity index (χ4n) is 3.48. The van der Waals surface area contributed by atoms with Crippen molar-refractivity contribution in [3.05, 3.63) is 54.2 Å². The van der Waals surface area contributed by atoms with Crippen molar-refractivity contribution >= 4 is 21.6 Å². The summed E-state index contributed by atoms with van der Waals surface area (Å²) in [6.45, 7) is 0.0618. The molecule has 6 nitrogen and oxygen atoms in total. The lowest BCUT2D eigenvalue weighted by molar-refractivity contribution is -0.137. The van der Waals surface area contributed by atoms with Gasteiger partial charge in [-0.15, -0.1) is 0 Å². The van der Waals surface area contributed by atoms with Crippen molar-refractivity contribution in [3.8, 4) is 0 Å². The van der Waals surface area contributed by atoms with Crippen molar-refractivity contribution in [1.29, 1.82) is 0 Å². The van der Waals surface area contributed by atoms with Crippen LogP contribution < -0.4 is 10.6 Å². The lowest BCUT2D eigenvalue weighted by Crippen LogP contribution is -2.40. The molecular formula is C20H22F3N3O3S. The first kappa shape index (κ1) is 22.2. The van der Waals surface area contributed by atoms with E-state index in [9.17, 15) is 26.4 Å². The van der Waals surface area contributed by atoms with Crippen LogP contribution in [0.15, 0.2) is 53.6 Å². The van der Waals surface area contributed by atoms with Crippen molar-refractivity contribution < 1.29 is 26.4 Å². The molecule has 0 aliphatic heterocycles. The average Bonchev–Trinajstić information content (AvgIpc) is 2.73. The van der Waals surface area contributed by atoms with Crippen LogP contribution in [0, 0.1) is 0 Å². The molecule has 0 spiro atoms. The number of sulfone groups is 1. The molecule has 2 N–H and O–H groups in total. The number of aromatic nitrogens is 1. The number of nitrogens with zero attached hydrogens (tertiary/aromatic N) is 1.